The molecule has 2 aliphatic heterocycles. The number of rotatable bonds is 12. The summed E-state index contributed by atoms with van der Waals surface area (Å²) in [6.07, 6.45) is 9.23. The van der Waals surface area contributed by atoms with Gasteiger partial charge in [-0.1, -0.05) is 91.5 Å². The molecule has 0 saturated carbocycles. The zero-order valence-corrected chi connectivity index (χ0v) is 21.4. The molecular weight excluding hydrogens is 411 g/mol. The van der Waals surface area contributed by atoms with Crippen molar-refractivity contribution in [1.29, 1.82) is 0 Å². The van der Waals surface area contributed by atoms with Crippen LogP contribution in [0.25, 0.3) is 5.32 Å². The maximum atomic E-state index is 5.18. The normalized spacial score (nSPS) is 19.3. The van der Waals surface area contributed by atoms with Crippen LogP contribution in [0.1, 0.15) is 68.2 Å². The van der Waals surface area contributed by atoms with Crippen LogP contribution in [0.5, 0.6) is 0 Å². The third-order valence-electron chi connectivity index (χ3n) is 7.23. The Bertz CT molecular complexity index is 695. The van der Waals surface area contributed by atoms with Crippen molar-refractivity contribution in [2.75, 3.05) is 52.4 Å². The molecule has 2 saturated heterocycles. The van der Waals surface area contributed by atoms with Crippen molar-refractivity contribution in [3.05, 3.63) is 77.1 Å². The number of hydrogen-bond acceptors (Lipinski definition) is 3. The van der Waals surface area contributed by atoms with Gasteiger partial charge >= 0.3 is 18.9 Å². The van der Waals surface area contributed by atoms with Gasteiger partial charge in [0.25, 0.3) is 0 Å². The fourth-order valence-corrected chi connectivity index (χ4v) is 5.31. The largest absolute Gasteiger partial charge is 1.00 e. The van der Waals surface area contributed by atoms with Gasteiger partial charge < -0.3 is 20.4 Å². The van der Waals surface area contributed by atoms with Crippen molar-refractivity contribution in [1.82, 2.24) is 15.1 Å². The predicted octanol–water partition coefficient (Wildman–Crippen LogP) is 2.80. The summed E-state index contributed by atoms with van der Waals surface area (Å²) in [4.78, 5) is 5.26. The van der Waals surface area contributed by atoms with Gasteiger partial charge in [0.15, 0.2) is 0 Å². The molecule has 180 valence electrons. The summed E-state index contributed by atoms with van der Waals surface area (Å²) in [7, 11) is 0. The summed E-state index contributed by atoms with van der Waals surface area (Å²) in [5.74, 6) is 0. The van der Waals surface area contributed by atoms with Crippen LogP contribution in [-0.4, -0.2) is 62.2 Å². The minimum Gasteiger partial charge on any atom is -0.655 e. The molecule has 2 heterocycles. The van der Waals surface area contributed by atoms with Gasteiger partial charge in [0.1, 0.15) is 0 Å². The third kappa shape index (κ3) is 9.15. The first-order valence-electron chi connectivity index (χ1n) is 13.3. The summed E-state index contributed by atoms with van der Waals surface area (Å²) in [5.41, 5.74) is 2.77. The Labute approximate surface area is 220 Å². The Hall–Kier alpha value is -1.12. The molecule has 2 aliphatic rings. The molecule has 1 N–H and O–H groups in total. The standard InChI is InChI=1S/C29H43N4.Li/c1-5-14-26(15-6-1)28(24-32-20-9-3-10-21-32)30-18-13-19-31-29(27-16-7-2-8-17-27)25-33-22-11-4-12-23-33;/h1-2,5-8,14-17,28-30H,3-4,9-13,18-25H2;/q-1;+1/t28-,29-;/m0./s1. The van der Waals surface area contributed by atoms with Gasteiger partial charge in [0.2, 0.25) is 0 Å². The molecule has 5 heteroatoms. The van der Waals surface area contributed by atoms with Crippen LogP contribution in [0, 0.1) is 0 Å². The fraction of sp³-hybridized carbons (Fsp3) is 0.586. The van der Waals surface area contributed by atoms with E-state index in [0.717, 1.165) is 32.6 Å². The smallest absolute Gasteiger partial charge is 0.655 e. The van der Waals surface area contributed by atoms with E-state index in [-0.39, 0.29) is 18.9 Å². The van der Waals surface area contributed by atoms with Gasteiger partial charge in [-0.15, -0.1) is 6.54 Å². The van der Waals surface area contributed by atoms with E-state index in [9.17, 15) is 0 Å². The molecule has 0 unspecified atom stereocenters. The number of likely N-dealkylation sites (tertiary alicyclic amines) is 2. The third-order valence-corrected chi connectivity index (χ3v) is 7.23. The second kappa shape index (κ2) is 15.8. The van der Waals surface area contributed by atoms with Gasteiger partial charge in [-0.05, 0) is 70.5 Å². The van der Waals surface area contributed by atoms with Gasteiger partial charge in [0.05, 0.1) is 0 Å². The molecule has 4 rings (SSSR count). The summed E-state index contributed by atoms with van der Waals surface area (Å²) in [5, 5.41) is 9.05. The first kappa shape index (κ1) is 27.5. The number of benzene rings is 2. The Morgan fingerprint density at radius 3 is 1.79 bits per heavy atom. The first-order chi connectivity index (χ1) is 16.4. The Morgan fingerprint density at radius 2 is 1.21 bits per heavy atom. The second-order valence-corrected chi connectivity index (χ2v) is 9.83. The van der Waals surface area contributed by atoms with Crippen LogP contribution in [0.15, 0.2) is 60.7 Å². The van der Waals surface area contributed by atoms with Crippen molar-refractivity contribution < 1.29 is 18.9 Å². The van der Waals surface area contributed by atoms with Crippen LogP contribution in [0.4, 0.5) is 0 Å². The molecule has 0 amide bonds. The van der Waals surface area contributed by atoms with Crippen LogP contribution in [0.3, 0.4) is 0 Å². The Morgan fingerprint density at radius 1 is 0.676 bits per heavy atom. The zero-order valence-electron chi connectivity index (χ0n) is 21.4. The number of nitrogens with zero attached hydrogens (tertiary/aromatic N) is 3. The van der Waals surface area contributed by atoms with Crippen LogP contribution < -0.4 is 24.2 Å². The van der Waals surface area contributed by atoms with E-state index in [2.05, 4.69) is 75.8 Å². The molecule has 0 radical (unpaired) electrons. The molecular formula is C29H43LiN4. The van der Waals surface area contributed by atoms with Crippen molar-refractivity contribution in [3.8, 4) is 0 Å². The van der Waals surface area contributed by atoms with Crippen LogP contribution >= 0.6 is 0 Å². The summed E-state index contributed by atoms with van der Waals surface area (Å²) < 4.78 is 0. The molecule has 0 aliphatic carbocycles. The van der Waals surface area contributed by atoms with E-state index in [1.165, 1.54) is 75.8 Å². The van der Waals surface area contributed by atoms with Gasteiger partial charge in [0, 0.05) is 12.6 Å². The minimum atomic E-state index is 0. The number of nitrogens with one attached hydrogen (secondary N) is 1. The van der Waals surface area contributed by atoms with E-state index in [0.29, 0.717) is 12.1 Å². The quantitative estimate of drug-likeness (QED) is 0.396. The van der Waals surface area contributed by atoms with E-state index < -0.39 is 0 Å². The molecule has 2 fully saturated rings. The van der Waals surface area contributed by atoms with Crippen molar-refractivity contribution in [3.63, 3.8) is 0 Å². The molecule has 2 aromatic rings. The molecule has 0 spiro atoms. The van der Waals surface area contributed by atoms with E-state index in [1.807, 2.05) is 0 Å². The second-order valence-electron chi connectivity index (χ2n) is 9.83. The number of piperidine rings is 2. The summed E-state index contributed by atoms with van der Waals surface area (Å²) in [6.45, 7) is 9.08. The molecule has 2 atom stereocenters. The first-order valence-corrected chi connectivity index (χ1v) is 13.3. The molecule has 34 heavy (non-hydrogen) atoms. The minimum absolute atomic E-state index is 0. The topological polar surface area (TPSA) is 32.6 Å². The van der Waals surface area contributed by atoms with E-state index >= 15 is 0 Å². The monoisotopic (exact) mass is 454 g/mol. The summed E-state index contributed by atoms with van der Waals surface area (Å²) in [6, 6.07) is 22.6. The SMILES string of the molecule is [Li+].c1ccc([C@H](CN2CCCCC2)[N-]CCCN[C@@H](CN2CCCCC2)c2ccccc2)cc1. The van der Waals surface area contributed by atoms with E-state index in [4.69, 9.17) is 5.32 Å². The zero-order chi connectivity index (χ0) is 22.6. The van der Waals surface area contributed by atoms with Crippen molar-refractivity contribution >= 4 is 0 Å². The molecule has 0 aromatic heterocycles. The molecule has 2 aromatic carbocycles. The predicted molar refractivity (Wildman–Crippen MR) is 140 cm³/mol. The average molecular weight is 455 g/mol. The van der Waals surface area contributed by atoms with Gasteiger partial charge in [-0.3, -0.25) is 0 Å². The van der Waals surface area contributed by atoms with E-state index in [1.54, 1.807) is 0 Å². The van der Waals surface area contributed by atoms with Crippen LogP contribution in [0.2, 0.25) is 0 Å². The fourth-order valence-electron chi connectivity index (χ4n) is 5.31. The van der Waals surface area contributed by atoms with Crippen molar-refractivity contribution in [2.24, 2.45) is 0 Å². The summed E-state index contributed by atoms with van der Waals surface area (Å²) >= 11 is 0. The number of hydrogen-bond donors (Lipinski definition) is 1. The molecule has 0 bridgehead atoms. The Kier molecular flexibility index (Phi) is 12.8. The van der Waals surface area contributed by atoms with Gasteiger partial charge in [-0.2, -0.15) is 0 Å². The van der Waals surface area contributed by atoms with Crippen LogP contribution in [-0.2, 0) is 0 Å². The Balaban J connectivity index is 0.00000324. The van der Waals surface area contributed by atoms with Crippen molar-refractivity contribution in [2.45, 2.75) is 57.0 Å². The maximum absolute atomic E-state index is 5.18. The average Bonchev–Trinajstić information content (AvgIpc) is 2.89. The van der Waals surface area contributed by atoms with Gasteiger partial charge in [-0.25, -0.2) is 0 Å². The molecule has 4 nitrogen and oxygen atoms in total. The maximum Gasteiger partial charge on any atom is 1.00 e.